The SMILES string of the molecule is CS(=O)(=O)Oc1ccc(C(=CCSc2ccc(OCC(=O)O)cc2I)c2ccccc2)cc1. The molecule has 0 aliphatic carbocycles. The first-order chi connectivity index (χ1) is 15.7. The average molecular weight is 596 g/mol. The van der Waals surface area contributed by atoms with E-state index in [1.54, 1.807) is 30.0 Å². The highest BCUT2D eigenvalue weighted by Gasteiger charge is 2.09. The average Bonchev–Trinajstić information content (AvgIpc) is 2.77. The van der Waals surface area contributed by atoms with E-state index in [9.17, 15) is 13.2 Å². The first-order valence-electron chi connectivity index (χ1n) is 9.74. The van der Waals surface area contributed by atoms with Gasteiger partial charge in [0.05, 0.1) is 6.26 Å². The van der Waals surface area contributed by atoms with Gasteiger partial charge in [-0.25, -0.2) is 4.79 Å². The van der Waals surface area contributed by atoms with Gasteiger partial charge >= 0.3 is 16.1 Å². The topological polar surface area (TPSA) is 89.9 Å². The summed E-state index contributed by atoms with van der Waals surface area (Å²) in [5.74, 6) is 0.459. The minimum Gasteiger partial charge on any atom is -0.482 e. The molecule has 0 bridgehead atoms. The number of aliphatic carboxylic acids is 1. The maximum atomic E-state index is 11.4. The van der Waals surface area contributed by atoms with Crippen LogP contribution in [0.25, 0.3) is 5.57 Å². The first-order valence-corrected chi connectivity index (χ1v) is 13.6. The van der Waals surface area contributed by atoms with E-state index in [0.717, 1.165) is 31.4 Å². The second-order valence-corrected chi connectivity index (χ2v) is 10.7. The van der Waals surface area contributed by atoms with Crippen molar-refractivity contribution in [3.63, 3.8) is 0 Å². The molecule has 0 unspecified atom stereocenters. The maximum Gasteiger partial charge on any atom is 0.341 e. The molecule has 3 aromatic rings. The lowest BCUT2D eigenvalue weighted by atomic mass is 9.98. The number of ether oxygens (including phenoxy) is 1. The molecule has 0 atom stereocenters. The van der Waals surface area contributed by atoms with Crippen LogP contribution in [0.2, 0.25) is 0 Å². The summed E-state index contributed by atoms with van der Waals surface area (Å²) in [5.41, 5.74) is 3.00. The molecule has 0 aliphatic heterocycles. The van der Waals surface area contributed by atoms with Crippen LogP contribution >= 0.6 is 34.4 Å². The zero-order valence-electron chi connectivity index (χ0n) is 17.6. The fourth-order valence-electron chi connectivity index (χ4n) is 2.93. The minimum absolute atomic E-state index is 0.266. The molecule has 0 saturated carbocycles. The maximum absolute atomic E-state index is 11.4. The van der Waals surface area contributed by atoms with Crippen LogP contribution in [0.4, 0.5) is 0 Å². The Kier molecular flexibility index (Phi) is 8.81. The standard InChI is InChI=1S/C24H21IO6S2/c1-33(28,29)31-19-9-7-18(8-10-19)21(17-5-3-2-4-6-17)13-14-32-23-12-11-20(15-22(23)25)30-16-24(26)27/h2-13,15H,14,16H2,1H3,(H,26,27). The van der Waals surface area contributed by atoms with E-state index in [-0.39, 0.29) is 12.4 Å². The van der Waals surface area contributed by atoms with Gasteiger partial charge in [0.1, 0.15) is 11.5 Å². The van der Waals surface area contributed by atoms with Crippen LogP contribution in [0, 0.1) is 3.57 Å². The van der Waals surface area contributed by atoms with Gasteiger partial charge in [0, 0.05) is 14.2 Å². The number of carboxylic acids is 1. The molecule has 3 rings (SSSR count). The lowest BCUT2D eigenvalue weighted by molar-refractivity contribution is -0.139. The van der Waals surface area contributed by atoms with E-state index >= 15 is 0 Å². The molecule has 0 spiro atoms. The fourth-order valence-corrected chi connectivity index (χ4v) is 5.14. The fraction of sp³-hybridized carbons (Fsp3) is 0.125. The van der Waals surface area contributed by atoms with E-state index in [1.807, 2.05) is 54.6 Å². The van der Waals surface area contributed by atoms with E-state index in [1.165, 1.54) is 0 Å². The summed E-state index contributed by atoms with van der Waals surface area (Å²) >= 11 is 3.85. The number of hydrogen-bond donors (Lipinski definition) is 1. The third-order valence-electron chi connectivity index (χ3n) is 4.29. The second-order valence-electron chi connectivity index (χ2n) is 6.88. The molecule has 3 aromatic carbocycles. The third kappa shape index (κ3) is 8.09. The normalized spacial score (nSPS) is 11.8. The highest BCUT2D eigenvalue weighted by atomic mass is 127. The number of hydrogen-bond acceptors (Lipinski definition) is 6. The van der Waals surface area contributed by atoms with Gasteiger partial charge in [-0.05, 0) is 69.6 Å². The minimum atomic E-state index is -3.58. The van der Waals surface area contributed by atoms with Crippen molar-refractivity contribution >= 4 is 56.0 Å². The number of carboxylic acid groups (broad SMARTS) is 1. The van der Waals surface area contributed by atoms with Crippen LogP contribution in [0.3, 0.4) is 0 Å². The Morgan fingerprint density at radius 1 is 1.00 bits per heavy atom. The number of halogens is 1. The third-order valence-corrected chi connectivity index (χ3v) is 7.04. The Hall–Kier alpha value is -2.50. The number of thioether (sulfide) groups is 1. The zero-order chi connectivity index (χ0) is 23.8. The van der Waals surface area contributed by atoms with Gasteiger partial charge in [0.25, 0.3) is 0 Å². The summed E-state index contributed by atoms with van der Waals surface area (Å²) in [5, 5.41) is 8.75. The Morgan fingerprint density at radius 2 is 1.64 bits per heavy atom. The molecule has 0 saturated heterocycles. The van der Waals surface area contributed by atoms with Crippen molar-refractivity contribution in [2.75, 3.05) is 18.6 Å². The Balaban J connectivity index is 1.78. The van der Waals surface area contributed by atoms with Crippen LogP contribution in [0.5, 0.6) is 11.5 Å². The van der Waals surface area contributed by atoms with E-state index in [2.05, 4.69) is 28.7 Å². The van der Waals surface area contributed by atoms with E-state index in [4.69, 9.17) is 14.0 Å². The van der Waals surface area contributed by atoms with Gasteiger partial charge in [-0.1, -0.05) is 48.5 Å². The van der Waals surface area contributed by atoms with Crippen LogP contribution in [-0.4, -0.2) is 38.1 Å². The second kappa shape index (κ2) is 11.6. The van der Waals surface area contributed by atoms with Gasteiger partial charge in [0.2, 0.25) is 0 Å². The van der Waals surface area contributed by atoms with Crippen molar-refractivity contribution in [3.8, 4) is 11.5 Å². The monoisotopic (exact) mass is 596 g/mol. The lowest BCUT2D eigenvalue weighted by Crippen LogP contribution is -2.09. The highest BCUT2D eigenvalue weighted by molar-refractivity contribution is 14.1. The van der Waals surface area contributed by atoms with E-state index < -0.39 is 16.1 Å². The molecule has 0 amide bonds. The molecular weight excluding hydrogens is 575 g/mol. The van der Waals surface area contributed by atoms with Gasteiger partial charge < -0.3 is 14.0 Å². The van der Waals surface area contributed by atoms with Crippen molar-refractivity contribution in [3.05, 3.63) is 93.6 Å². The smallest absolute Gasteiger partial charge is 0.341 e. The summed E-state index contributed by atoms with van der Waals surface area (Å²) in [6.45, 7) is -0.375. The summed E-state index contributed by atoms with van der Waals surface area (Å²) < 4.78 is 33.9. The molecule has 0 heterocycles. The van der Waals surface area contributed by atoms with Crippen LogP contribution in [0.1, 0.15) is 11.1 Å². The molecule has 0 fully saturated rings. The van der Waals surface area contributed by atoms with Crippen LogP contribution in [-0.2, 0) is 14.9 Å². The Bertz CT molecular complexity index is 1240. The van der Waals surface area contributed by atoms with Crippen LogP contribution in [0.15, 0.2) is 83.8 Å². The van der Waals surface area contributed by atoms with Crippen molar-refractivity contribution in [2.24, 2.45) is 0 Å². The molecular formula is C24H21IO6S2. The number of carbonyl (C=O) groups is 1. The van der Waals surface area contributed by atoms with Crippen molar-refractivity contribution < 1.29 is 27.2 Å². The Labute approximate surface area is 210 Å². The summed E-state index contributed by atoms with van der Waals surface area (Å²) in [6.07, 6.45) is 3.14. The van der Waals surface area contributed by atoms with Gasteiger partial charge in [-0.3, -0.25) is 0 Å². The number of benzene rings is 3. The molecule has 0 radical (unpaired) electrons. The molecule has 172 valence electrons. The van der Waals surface area contributed by atoms with Crippen molar-refractivity contribution in [1.29, 1.82) is 0 Å². The first kappa shape index (κ1) is 25.1. The van der Waals surface area contributed by atoms with Gasteiger partial charge in [0.15, 0.2) is 6.61 Å². The largest absolute Gasteiger partial charge is 0.482 e. The van der Waals surface area contributed by atoms with E-state index in [0.29, 0.717) is 11.5 Å². The molecule has 6 nitrogen and oxygen atoms in total. The summed E-state index contributed by atoms with van der Waals surface area (Å²) in [4.78, 5) is 11.7. The molecule has 9 heteroatoms. The predicted octanol–water partition coefficient (Wildman–Crippen LogP) is 5.32. The van der Waals surface area contributed by atoms with Gasteiger partial charge in [-0.15, -0.1) is 11.8 Å². The molecule has 0 aliphatic rings. The quantitative estimate of drug-likeness (QED) is 0.193. The summed E-state index contributed by atoms with van der Waals surface area (Å²) in [7, 11) is -3.58. The molecule has 33 heavy (non-hydrogen) atoms. The number of rotatable bonds is 10. The lowest BCUT2D eigenvalue weighted by Gasteiger charge is -2.11. The predicted molar refractivity (Wildman–Crippen MR) is 138 cm³/mol. The molecule has 0 aromatic heterocycles. The highest BCUT2D eigenvalue weighted by Crippen LogP contribution is 2.31. The van der Waals surface area contributed by atoms with Gasteiger partial charge in [-0.2, -0.15) is 8.42 Å². The molecule has 1 N–H and O–H groups in total. The van der Waals surface area contributed by atoms with Crippen LogP contribution < -0.4 is 8.92 Å². The van der Waals surface area contributed by atoms with Crippen molar-refractivity contribution in [1.82, 2.24) is 0 Å². The Morgan fingerprint density at radius 3 is 2.24 bits per heavy atom. The zero-order valence-corrected chi connectivity index (χ0v) is 21.4. The summed E-state index contributed by atoms with van der Waals surface area (Å²) in [6, 6.07) is 22.4. The van der Waals surface area contributed by atoms with Crippen molar-refractivity contribution in [2.45, 2.75) is 4.90 Å².